The van der Waals surface area contributed by atoms with Crippen LogP contribution in [0.4, 0.5) is 13.2 Å². The van der Waals surface area contributed by atoms with Crippen LogP contribution in [-0.4, -0.2) is 33.5 Å². The highest BCUT2D eigenvalue weighted by molar-refractivity contribution is 7.91. The molecule has 1 fully saturated rings. The highest BCUT2D eigenvalue weighted by atomic mass is 32.2. The number of alkyl halides is 3. The van der Waals surface area contributed by atoms with Crippen molar-refractivity contribution in [3.05, 3.63) is 35.4 Å². The van der Waals surface area contributed by atoms with Crippen LogP contribution in [0.3, 0.4) is 0 Å². The second-order valence-electron chi connectivity index (χ2n) is 5.74. The molecular formula is C15H20F3NO2S. The molecule has 1 aromatic rings. The SMILES string of the molecule is CNCC(c1ccccc1C(F)(F)F)C1CCS(=O)(=O)CC1. The summed E-state index contributed by atoms with van der Waals surface area (Å²) in [5.74, 6) is -0.268. The average Bonchev–Trinajstić information content (AvgIpc) is 2.44. The molecule has 1 aliphatic rings. The molecule has 1 aromatic carbocycles. The Hall–Kier alpha value is -1.08. The van der Waals surface area contributed by atoms with Crippen LogP contribution in [0.5, 0.6) is 0 Å². The number of hydrogen-bond acceptors (Lipinski definition) is 3. The lowest BCUT2D eigenvalue weighted by Gasteiger charge is -2.32. The lowest BCUT2D eigenvalue weighted by molar-refractivity contribution is -0.138. The lowest BCUT2D eigenvalue weighted by Crippen LogP contribution is -2.32. The summed E-state index contributed by atoms with van der Waals surface area (Å²) in [6.07, 6.45) is -3.56. The van der Waals surface area contributed by atoms with Gasteiger partial charge in [0.2, 0.25) is 0 Å². The zero-order chi connectivity index (χ0) is 16.4. The first-order valence-electron chi connectivity index (χ1n) is 7.26. The first kappa shape index (κ1) is 17.3. The van der Waals surface area contributed by atoms with Crippen LogP contribution in [0.2, 0.25) is 0 Å². The molecule has 0 radical (unpaired) electrons. The van der Waals surface area contributed by atoms with Gasteiger partial charge in [-0.1, -0.05) is 18.2 Å². The fraction of sp³-hybridized carbons (Fsp3) is 0.600. The smallest absolute Gasteiger partial charge is 0.319 e. The van der Waals surface area contributed by atoms with Gasteiger partial charge in [0.25, 0.3) is 0 Å². The zero-order valence-electron chi connectivity index (χ0n) is 12.4. The van der Waals surface area contributed by atoms with Gasteiger partial charge in [0.1, 0.15) is 9.84 Å². The molecule has 0 saturated carbocycles. The summed E-state index contributed by atoms with van der Waals surface area (Å²) in [6, 6.07) is 5.59. The van der Waals surface area contributed by atoms with Gasteiger partial charge in [-0.3, -0.25) is 0 Å². The fourth-order valence-corrected chi connectivity index (χ4v) is 4.67. The van der Waals surface area contributed by atoms with E-state index in [9.17, 15) is 21.6 Å². The highest BCUT2D eigenvalue weighted by Crippen LogP contribution is 2.40. The number of sulfone groups is 1. The highest BCUT2D eigenvalue weighted by Gasteiger charge is 2.38. The van der Waals surface area contributed by atoms with Crippen molar-refractivity contribution in [2.45, 2.75) is 24.9 Å². The van der Waals surface area contributed by atoms with E-state index in [0.717, 1.165) is 6.07 Å². The molecule has 1 saturated heterocycles. The van der Waals surface area contributed by atoms with Crippen LogP contribution in [0, 0.1) is 5.92 Å². The Labute approximate surface area is 128 Å². The fourth-order valence-electron chi connectivity index (χ4n) is 3.14. The minimum atomic E-state index is -4.40. The maximum Gasteiger partial charge on any atom is 0.416 e. The second kappa shape index (κ2) is 6.58. The minimum Gasteiger partial charge on any atom is -0.319 e. The van der Waals surface area contributed by atoms with Crippen molar-refractivity contribution in [3.8, 4) is 0 Å². The molecule has 3 nitrogen and oxygen atoms in total. The van der Waals surface area contributed by atoms with Gasteiger partial charge in [0.15, 0.2) is 0 Å². The second-order valence-corrected chi connectivity index (χ2v) is 8.04. The summed E-state index contributed by atoms with van der Waals surface area (Å²) in [6.45, 7) is 0.401. The summed E-state index contributed by atoms with van der Waals surface area (Å²) in [5.41, 5.74) is -0.364. The van der Waals surface area contributed by atoms with Crippen LogP contribution < -0.4 is 5.32 Å². The minimum absolute atomic E-state index is 0.0560. The number of rotatable bonds is 4. The van der Waals surface area contributed by atoms with Crippen LogP contribution >= 0.6 is 0 Å². The van der Waals surface area contributed by atoms with Crippen molar-refractivity contribution < 1.29 is 21.6 Å². The van der Waals surface area contributed by atoms with Crippen LogP contribution in [0.15, 0.2) is 24.3 Å². The number of halogens is 3. The van der Waals surface area contributed by atoms with Crippen LogP contribution in [-0.2, 0) is 16.0 Å². The van der Waals surface area contributed by atoms with Crippen molar-refractivity contribution in [3.63, 3.8) is 0 Å². The van der Waals surface area contributed by atoms with E-state index in [-0.39, 0.29) is 28.9 Å². The summed E-state index contributed by atoms with van der Waals surface area (Å²) >= 11 is 0. The third-order valence-corrected chi connectivity index (χ3v) is 5.97. The molecule has 0 aliphatic carbocycles. The molecule has 0 aromatic heterocycles. The van der Waals surface area contributed by atoms with Gasteiger partial charge in [0.05, 0.1) is 17.1 Å². The van der Waals surface area contributed by atoms with E-state index in [0.29, 0.717) is 19.4 Å². The largest absolute Gasteiger partial charge is 0.416 e. The van der Waals surface area contributed by atoms with Crippen LogP contribution in [0.25, 0.3) is 0 Å². The van der Waals surface area contributed by atoms with Gasteiger partial charge in [-0.15, -0.1) is 0 Å². The van der Waals surface area contributed by atoms with Crippen molar-refractivity contribution in [2.75, 3.05) is 25.1 Å². The Kier molecular flexibility index (Phi) is 5.17. The molecule has 7 heteroatoms. The van der Waals surface area contributed by atoms with Gasteiger partial charge < -0.3 is 5.32 Å². The Morgan fingerprint density at radius 1 is 1.23 bits per heavy atom. The van der Waals surface area contributed by atoms with E-state index in [1.54, 1.807) is 13.1 Å². The van der Waals surface area contributed by atoms with Gasteiger partial charge in [0, 0.05) is 6.54 Å². The van der Waals surface area contributed by atoms with Crippen molar-refractivity contribution in [1.82, 2.24) is 5.32 Å². The normalized spacial score (nSPS) is 20.7. The quantitative estimate of drug-likeness (QED) is 0.920. The molecular weight excluding hydrogens is 315 g/mol. The Morgan fingerprint density at radius 3 is 2.36 bits per heavy atom. The summed E-state index contributed by atoms with van der Waals surface area (Å²) in [5, 5.41) is 2.95. The van der Waals surface area contributed by atoms with Gasteiger partial charge in [-0.2, -0.15) is 13.2 Å². The molecule has 0 bridgehead atoms. The predicted octanol–water partition coefficient (Wildman–Crippen LogP) is 2.83. The standard InChI is InChI=1S/C15H20F3NO2S/c1-19-10-13(11-6-8-22(20,21)9-7-11)12-4-2-3-5-14(12)15(16,17)18/h2-5,11,13,19H,6-10H2,1H3. The van der Waals surface area contributed by atoms with Crippen molar-refractivity contribution in [1.29, 1.82) is 0 Å². The molecule has 1 N–H and O–H groups in total. The van der Waals surface area contributed by atoms with Gasteiger partial charge in [-0.05, 0) is 43.4 Å². The van der Waals surface area contributed by atoms with Crippen LogP contribution in [0.1, 0.15) is 29.9 Å². The van der Waals surface area contributed by atoms with E-state index in [1.165, 1.54) is 12.1 Å². The third-order valence-electron chi connectivity index (χ3n) is 4.26. The van der Waals surface area contributed by atoms with E-state index < -0.39 is 21.6 Å². The van der Waals surface area contributed by atoms with Crippen molar-refractivity contribution >= 4 is 9.84 Å². The molecule has 1 aliphatic heterocycles. The summed E-state index contributed by atoms with van der Waals surface area (Å²) in [4.78, 5) is 0. The molecule has 124 valence electrons. The predicted molar refractivity (Wildman–Crippen MR) is 79.5 cm³/mol. The zero-order valence-corrected chi connectivity index (χ0v) is 13.2. The Bertz CT molecular complexity index is 599. The van der Waals surface area contributed by atoms with Crippen molar-refractivity contribution in [2.24, 2.45) is 5.92 Å². The number of nitrogens with one attached hydrogen (secondary N) is 1. The number of likely N-dealkylation sites (N-methyl/N-ethyl adjacent to an activating group) is 1. The first-order chi connectivity index (χ1) is 10.2. The number of hydrogen-bond donors (Lipinski definition) is 1. The van der Waals surface area contributed by atoms with E-state index >= 15 is 0 Å². The Morgan fingerprint density at radius 2 is 1.82 bits per heavy atom. The molecule has 2 rings (SSSR count). The maximum absolute atomic E-state index is 13.2. The van der Waals surface area contributed by atoms with E-state index in [2.05, 4.69) is 5.32 Å². The molecule has 22 heavy (non-hydrogen) atoms. The summed E-state index contributed by atoms with van der Waals surface area (Å²) in [7, 11) is -1.33. The third kappa shape index (κ3) is 4.01. The van der Waals surface area contributed by atoms with E-state index in [4.69, 9.17) is 0 Å². The molecule has 1 heterocycles. The molecule has 0 spiro atoms. The summed E-state index contributed by atoms with van der Waals surface area (Å²) < 4.78 is 62.8. The lowest BCUT2D eigenvalue weighted by atomic mass is 9.80. The first-order valence-corrected chi connectivity index (χ1v) is 9.08. The van der Waals surface area contributed by atoms with Gasteiger partial charge in [-0.25, -0.2) is 8.42 Å². The molecule has 0 amide bonds. The van der Waals surface area contributed by atoms with E-state index in [1.807, 2.05) is 0 Å². The molecule has 1 unspecified atom stereocenters. The molecule has 1 atom stereocenters. The maximum atomic E-state index is 13.2. The Balaban J connectivity index is 2.33. The monoisotopic (exact) mass is 335 g/mol. The number of benzene rings is 1. The van der Waals surface area contributed by atoms with Gasteiger partial charge >= 0.3 is 6.18 Å². The average molecular weight is 335 g/mol. The topological polar surface area (TPSA) is 46.2 Å².